The zero-order valence-corrected chi connectivity index (χ0v) is 13.6. The summed E-state index contributed by atoms with van der Waals surface area (Å²) in [4.78, 5) is 24.1. The Kier molecular flexibility index (Phi) is 4.56. The third-order valence-corrected chi connectivity index (χ3v) is 3.72. The molecule has 3 N–H and O–H groups in total. The van der Waals surface area contributed by atoms with Gasteiger partial charge in [-0.25, -0.2) is 4.68 Å². The van der Waals surface area contributed by atoms with Crippen LogP contribution in [0.5, 0.6) is 0 Å². The molecule has 7 heteroatoms. The van der Waals surface area contributed by atoms with Crippen molar-refractivity contribution in [3.8, 4) is 5.69 Å². The highest BCUT2D eigenvalue weighted by atomic mass is 16.2. The first-order valence-corrected chi connectivity index (χ1v) is 7.69. The van der Waals surface area contributed by atoms with Crippen LogP contribution in [0.4, 0.5) is 0 Å². The standard InChI is InChI=1S/C18H17N5O2/c1-12-7-9-14(10-8-12)23-11-15(21-22-23)18(25)20-16(17(19)24)13-5-3-2-4-6-13/h2-11,16H,1H3,(H2,19,24)(H,20,25). The molecule has 0 saturated heterocycles. The number of aromatic nitrogens is 3. The second kappa shape index (κ2) is 6.96. The number of nitrogens with two attached hydrogens (primary N) is 1. The van der Waals surface area contributed by atoms with Crippen LogP contribution >= 0.6 is 0 Å². The van der Waals surface area contributed by atoms with E-state index >= 15 is 0 Å². The highest BCUT2D eigenvalue weighted by Crippen LogP contribution is 2.13. The van der Waals surface area contributed by atoms with Crippen molar-refractivity contribution in [2.45, 2.75) is 13.0 Å². The van der Waals surface area contributed by atoms with Gasteiger partial charge in [-0.1, -0.05) is 53.2 Å². The molecule has 2 amide bonds. The predicted molar refractivity (Wildman–Crippen MR) is 91.9 cm³/mol. The smallest absolute Gasteiger partial charge is 0.274 e. The maximum atomic E-state index is 12.4. The van der Waals surface area contributed by atoms with Gasteiger partial charge in [0, 0.05) is 0 Å². The van der Waals surface area contributed by atoms with Gasteiger partial charge in [0.2, 0.25) is 5.91 Å². The average molecular weight is 335 g/mol. The number of nitrogens with zero attached hydrogens (tertiary/aromatic N) is 3. The van der Waals surface area contributed by atoms with Gasteiger partial charge in [-0.05, 0) is 24.6 Å². The fourth-order valence-corrected chi connectivity index (χ4v) is 2.36. The summed E-state index contributed by atoms with van der Waals surface area (Å²) in [5.41, 5.74) is 8.02. The third kappa shape index (κ3) is 3.72. The number of hydrogen-bond donors (Lipinski definition) is 2. The minimum absolute atomic E-state index is 0.0998. The summed E-state index contributed by atoms with van der Waals surface area (Å²) >= 11 is 0. The van der Waals surface area contributed by atoms with Gasteiger partial charge < -0.3 is 11.1 Å². The van der Waals surface area contributed by atoms with Gasteiger partial charge in [-0.3, -0.25) is 9.59 Å². The maximum Gasteiger partial charge on any atom is 0.274 e. The van der Waals surface area contributed by atoms with Crippen LogP contribution in [0.25, 0.3) is 5.69 Å². The lowest BCUT2D eigenvalue weighted by atomic mass is 10.1. The normalized spacial score (nSPS) is 11.7. The molecule has 126 valence electrons. The highest BCUT2D eigenvalue weighted by Gasteiger charge is 2.22. The van der Waals surface area contributed by atoms with Crippen LogP contribution in [0, 0.1) is 6.92 Å². The number of aryl methyl sites for hydroxylation is 1. The molecule has 0 aliphatic carbocycles. The topological polar surface area (TPSA) is 103 Å². The largest absolute Gasteiger partial charge is 0.368 e. The fourth-order valence-electron chi connectivity index (χ4n) is 2.36. The van der Waals surface area contributed by atoms with Crippen LogP contribution in [0.15, 0.2) is 60.8 Å². The van der Waals surface area contributed by atoms with Gasteiger partial charge in [0.05, 0.1) is 11.9 Å². The van der Waals surface area contributed by atoms with Gasteiger partial charge in [-0.2, -0.15) is 0 Å². The number of hydrogen-bond acceptors (Lipinski definition) is 4. The second-order valence-electron chi connectivity index (χ2n) is 5.60. The number of rotatable bonds is 5. The summed E-state index contributed by atoms with van der Waals surface area (Å²) in [5.74, 6) is -1.17. The van der Waals surface area contributed by atoms with E-state index < -0.39 is 17.9 Å². The molecule has 1 unspecified atom stereocenters. The number of benzene rings is 2. The Morgan fingerprint density at radius 3 is 2.40 bits per heavy atom. The third-order valence-electron chi connectivity index (χ3n) is 3.72. The van der Waals surface area contributed by atoms with E-state index in [-0.39, 0.29) is 5.69 Å². The van der Waals surface area contributed by atoms with Gasteiger partial charge >= 0.3 is 0 Å². The minimum atomic E-state index is -0.932. The van der Waals surface area contributed by atoms with E-state index in [1.165, 1.54) is 10.9 Å². The Morgan fingerprint density at radius 1 is 1.08 bits per heavy atom. The van der Waals surface area contributed by atoms with Crippen LogP contribution in [0.1, 0.15) is 27.7 Å². The van der Waals surface area contributed by atoms with E-state index in [1.807, 2.05) is 37.3 Å². The van der Waals surface area contributed by atoms with Crippen molar-refractivity contribution in [1.82, 2.24) is 20.3 Å². The van der Waals surface area contributed by atoms with Crippen molar-refractivity contribution in [2.24, 2.45) is 5.73 Å². The molecule has 1 atom stereocenters. The van der Waals surface area contributed by atoms with E-state index in [4.69, 9.17) is 5.73 Å². The van der Waals surface area contributed by atoms with Gasteiger partial charge in [0.15, 0.2) is 5.69 Å². The zero-order valence-electron chi connectivity index (χ0n) is 13.6. The van der Waals surface area contributed by atoms with Gasteiger partial charge in [0.1, 0.15) is 6.04 Å². The van der Waals surface area contributed by atoms with Gasteiger partial charge in [0.25, 0.3) is 5.91 Å². The van der Waals surface area contributed by atoms with Gasteiger partial charge in [-0.15, -0.1) is 5.10 Å². The first-order chi connectivity index (χ1) is 12.0. The summed E-state index contributed by atoms with van der Waals surface area (Å²) < 4.78 is 1.50. The molecule has 3 rings (SSSR count). The molecule has 1 heterocycles. The van der Waals surface area contributed by atoms with E-state index in [1.54, 1.807) is 24.3 Å². The summed E-state index contributed by atoms with van der Waals surface area (Å²) in [6.45, 7) is 1.98. The molecule has 3 aromatic rings. The van der Waals surface area contributed by atoms with Crippen LogP contribution < -0.4 is 11.1 Å². The lowest BCUT2D eigenvalue weighted by Gasteiger charge is -2.14. The van der Waals surface area contributed by atoms with Crippen molar-refractivity contribution >= 4 is 11.8 Å². The number of carbonyl (C=O) groups excluding carboxylic acids is 2. The van der Waals surface area contributed by atoms with Crippen molar-refractivity contribution in [3.63, 3.8) is 0 Å². The number of primary amides is 1. The molecule has 2 aromatic carbocycles. The first-order valence-electron chi connectivity index (χ1n) is 7.69. The van der Waals surface area contributed by atoms with E-state index in [0.29, 0.717) is 5.56 Å². The molecule has 0 bridgehead atoms. The molecular weight excluding hydrogens is 318 g/mol. The molecule has 7 nitrogen and oxygen atoms in total. The van der Waals surface area contributed by atoms with E-state index in [0.717, 1.165) is 11.3 Å². The molecule has 0 radical (unpaired) electrons. The lowest BCUT2D eigenvalue weighted by Crippen LogP contribution is -2.37. The Hall–Kier alpha value is -3.48. The summed E-state index contributed by atoms with van der Waals surface area (Å²) in [5, 5.41) is 10.4. The van der Waals surface area contributed by atoms with Crippen LogP contribution in [-0.2, 0) is 4.79 Å². The Labute approximate surface area is 144 Å². The molecule has 0 spiro atoms. The summed E-state index contributed by atoms with van der Waals surface area (Å²) in [6.07, 6.45) is 1.50. The average Bonchev–Trinajstić information content (AvgIpc) is 3.11. The van der Waals surface area contributed by atoms with Crippen molar-refractivity contribution < 1.29 is 9.59 Å². The molecule has 0 saturated carbocycles. The van der Waals surface area contributed by atoms with Crippen LogP contribution in [0.2, 0.25) is 0 Å². The molecule has 0 fully saturated rings. The first kappa shape index (κ1) is 16.4. The summed E-state index contributed by atoms with van der Waals surface area (Å²) in [6, 6.07) is 15.5. The van der Waals surface area contributed by atoms with E-state index in [9.17, 15) is 9.59 Å². The zero-order chi connectivity index (χ0) is 17.8. The minimum Gasteiger partial charge on any atom is -0.368 e. The number of nitrogens with one attached hydrogen (secondary N) is 1. The predicted octanol–water partition coefficient (Wildman–Crippen LogP) is 1.53. The van der Waals surface area contributed by atoms with Crippen LogP contribution in [0.3, 0.4) is 0 Å². The Balaban J connectivity index is 1.79. The molecular formula is C18H17N5O2. The maximum absolute atomic E-state index is 12.4. The Bertz CT molecular complexity index is 887. The molecule has 0 aliphatic heterocycles. The quantitative estimate of drug-likeness (QED) is 0.738. The Morgan fingerprint density at radius 2 is 1.76 bits per heavy atom. The SMILES string of the molecule is Cc1ccc(-n2cc(C(=O)NC(C(N)=O)c3ccccc3)nn2)cc1. The van der Waals surface area contributed by atoms with Crippen molar-refractivity contribution in [2.75, 3.05) is 0 Å². The molecule has 1 aromatic heterocycles. The van der Waals surface area contributed by atoms with Crippen molar-refractivity contribution in [1.29, 1.82) is 0 Å². The second-order valence-corrected chi connectivity index (χ2v) is 5.60. The molecule has 0 aliphatic rings. The van der Waals surface area contributed by atoms with Crippen molar-refractivity contribution in [3.05, 3.63) is 77.6 Å². The van der Waals surface area contributed by atoms with E-state index in [2.05, 4.69) is 15.6 Å². The summed E-state index contributed by atoms with van der Waals surface area (Å²) in [7, 11) is 0. The number of amides is 2. The van der Waals surface area contributed by atoms with Crippen LogP contribution in [-0.4, -0.2) is 26.8 Å². The monoisotopic (exact) mass is 335 g/mol. The fraction of sp³-hybridized carbons (Fsp3) is 0.111. The molecule has 25 heavy (non-hydrogen) atoms. The highest BCUT2D eigenvalue weighted by molar-refractivity contribution is 5.95. The lowest BCUT2D eigenvalue weighted by molar-refractivity contribution is -0.120. The number of carbonyl (C=O) groups is 2.